The first-order valence-electron chi connectivity index (χ1n) is 8.59. The van der Waals surface area contributed by atoms with Gasteiger partial charge in [-0.25, -0.2) is 9.18 Å². The number of nitrogens with one attached hydrogen (secondary N) is 1. The van der Waals surface area contributed by atoms with E-state index in [-0.39, 0.29) is 30.4 Å². The van der Waals surface area contributed by atoms with Gasteiger partial charge < -0.3 is 15.3 Å². The number of likely N-dealkylation sites (tertiary alicyclic amines) is 1. The Morgan fingerprint density at radius 2 is 2.00 bits per heavy atom. The van der Waals surface area contributed by atoms with Crippen LogP contribution in [0.5, 0.6) is 0 Å². The molecule has 2 aliphatic rings. The highest BCUT2D eigenvalue weighted by molar-refractivity contribution is 5.75. The number of hydrogen-bond donors (Lipinski definition) is 2. The van der Waals surface area contributed by atoms with Crippen molar-refractivity contribution in [2.75, 3.05) is 19.7 Å². The molecule has 1 aromatic rings. The lowest BCUT2D eigenvalue weighted by Gasteiger charge is -2.38. The number of aliphatic hydroxyl groups excluding tert-OH is 1. The van der Waals surface area contributed by atoms with Crippen molar-refractivity contribution in [1.29, 1.82) is 0 Å². The number of rotatable bonds is 4. The summed E-state index contributed by atoms with van der Waals surface area (Å²) in [5.74, 6) is 0.361. The Bertz CT molecular complexity index is 530. The average Bonchev–Trinajstić information content (AvgIpc) is 2.53. The molecule has 1 aromatic carbocycles. The van der Waals surface area contributed by atoms with Crippen molar-refractivity contribution in [1.82, 2.24) is 10.2 Å². The first-order chi connectivity index (χ1) is 11.2. The van der Waals surface area contributed by atoms with Gasteiger partial charge in [-0.2, -0.15) is 0 Å². The summed E-state index contributed by atoms with van der Waals surface area (Å²) in [6.07, 6.45) is 5.30. The van der Waals surface area contributed by atoms with Gasteiger partial charge in [0.2, 0.25) is 0 Å². The molecule has 2 unspecified atom stereocenters. The maximum atomic E-state index is 13.2. The van der Waals surface area contributed by atoms with E-state index in [0.717, 1.165) is 37.8 Å². The zero-order valence-electron chi connectivity index (χ0n) is 13.4. The van der Waals surface area contributed by atoms with Crippen molar-refractivity contribution in [3.63, 3.8) is 0 Å². The second-order valence-corrected chi connectivity index (χ2v) is 6.81. The lowest BCUT2D eigenvalue weighted by atomic mass is 9.77. The van der Waals surface area contributed by atoms with Crippen molar-refractivity contribution in [3.05, 3.63) is 35.6 Å². The highest BCUT2D eigenvalue weighted by Crippen LogP contribution is 2.38. The molecule has 2 fully saturated rings. The van der Waals surface area contributed by atoms with Crippen LogP contribution in [0.2, 0.25) is 0 Å². The van der Waals surface area contributed by atoms with Gasteiger partial charge in [0.05, 0.1) is 6.04 Å². The average molecular weight is 320 g/mol. The number of nitrogens with zero attached hydrogens (tertiary/aromatic N) is 1. The van der Waals surface area contributed by atoms with Crippen molar-refractivity contribution in [2.24, 2.45) is 11.8 Å². The summed E-state index contributed by atoms with van der Waals surface area (Å²) in [6, 6.07) is 6.33. The van der Waals surface area contributed by atoms with Crippen LogP contribution in [0.1, 0.15) is 43.7 Å². The van der Waals surface area contributed by atoms with E-state index in [2.05, 4.69) is 5.32 Å². The normalized spacial score (nSPS) is 23.2. The molecule has 1 aliphatic carbocycles. The lowest BCUT2D eigenvalue weighted by Crippen LogP contribution is -2.48. The number of hydrogen-bond acceptors (Lipinski definition) is 2. The summed E-state index contributed by atoms with van der Waals surface area (Å²) >= 11 is 0. The summed E-state index contributed by atoms with van der Waals surface area (Å²) in [6.45, 7) is 1.49. The number of carbonyl (C=O) groups is 1. The van der Waals surface area contributed by atoms with Gasteiger partial charge in [-0.05, 0) is 55.2 Å². The first-order valence-corrected chi connectivity index (χ1v) is 8.59. The zero-order valence-corrected chi connectivity index (χ0v) is 13.4. The van der Waals surface area contributed by atoms with Crippen LogP contribution in [0.4, 0.5) is 9.18 Å². The van der Waals surface area contributed by atoms with Crippen LogP contribution in [0, 0.1) is 17.7 Å². The molecule has 1 saturated heterocycles. The number of piperidine rings is 1. The van der Waals surface area contributed by atoms with Crippen LogP contribution in [0.25, 0.3) is 0 Å². The van der Waals surface area contributed by atoms with Gasteiger partial charge in [-0.3, -0.25) is 0 Å². The number of aliphatic hydroxyl groups is 1. The molecule has 4 nitrogen and oxygen atoms in total. The predicted molar refractivity (Wildman–Crippen MR) is 86.4 cm³/mol. The minimum Gasteiger partial charge on any atom is -0.396 e. The predicted octanol–water partition coefficient (Wildman–Crippen LogP) is 3.08. The van der Waals surface area contributed by atoms with E-state index < -0.39 is 0 Å². The summed E-state index contributed by atoms with van der Waals surface area (Å²) < 4.78 is 13.2. The Morgan fingerprint density at radius 3 is 2.61 bits per heavy atom. The molecular weight excluding hydrogens is 295 g/mol. The highest BCUT2D eigenvalue weighted by atomic mass is 19.1. The van der Waals surface area contributed by atoms with E-state index >= 15 is 0 Å². The highest BCUT2D eigenvalue weighted by Gasteiger charge is 2.32. The first kappa shape index (κ1) is 16.2. The lowest BCUT2D eigenvalue weighted by molar-refractivity contribution is 0.123. The summed E-state index contributed by atoms with van der Waals surface area (Å²) in [5, 5.41) is 12.5. The summed E-state index contributed by atoms with van der Waals surface area (Å²) in [4.78, 5) is 14.4. The van der Waals surface area contributed by atoms with Crippen LogP contribution in [0.15, 0.2) is 24.3 Å². The molecule has 126 valence electrons. The second-order valence-electron chi connectivity index (χ2n) is 6.81. The quantitative estimate of drug-likeness (QED) is 0.896. The van der Waals surface area contributed by atoms with Gasteiger partial charge in [0.1, 0.15) is 5.82 Å². The Morgan fingerprint density at radius 1 is 1.26 bits per heavy atom. The molecule has 0 spiro atoms. The van der Waals surface area contributed by atoms with E-state index in [1.54, 1.807) is 17.0 Å². The Labute approximate surface area is 136 Å². The van der Waals surface area contributed by atoms with Gasteiger partial charge in [-0.1, -0.05) is 18.6 Å². The number of amides is 2. The minimum atomic E-state index is -0.255. The topological polar surface area (TPSA) is 52.6 Å². The van der Waals surface area contributed by atoms with Crippen LogP contribution < -0.4 is 5.32 Å². The molecule has 2 N–H and O–H groups in total. The zero-order chi connectivity index (χ0) is 16.2. The SMILES string of the molecule is O=C(NC(c1ccc(F)cc1)C1CCC1)N1CCCC(CO)C1. The number of urea groups is 1. The van der Waals surface area contributed by atoms with Crippen molar-refractivity contribution in [3.8, 4) is 0 Å². The fourth-order valence-electron chi connectivity index (χ4n) is 3.54. The van der Waals surface area contributed by atoms with Gasteiger partial charge in [0.25, 0.3) is 0 Å². The third kappa shape index (κ3) is 3.83. The standard InChI is InChI=1S/C18H25FN2O2/c19-16-8-6-15(7-9-16)17(14-4-1-5-14)20-18(23)21-10-2-3-13(11-21)12-22/h6-9,13-14,17,22H,1-5,10-12H2,(H,20,23). The van der Waals surface area contributed by atoms with E-state index in [4.69, 9.17) is 0 Å². The van der Waals surface area contributed by atoms with E-state index in [1.165, 1.54) is 18.6 Å². The number of benzene rings is 1. The molecule has 5 heteroatoms. The fraction of sp³-hybridized carbons (Fsp3) is 0.611. The number of halogens is 1. The fourth-order valence-corrected chi connectivity index (χ4v) is 3.54. The van der Waals surface area contributed by atoms with Crippen molar-refractivity contribution >= 4 is 6.03 Å². The Hall–Kier alpha value is -1.62. The Balaban J connectivity index is 1.68. The molecule has 0 bridgehead atoms. The molecule has 1 heterocycles. The Kier molecular flexibility index (Phi) is 5.16. The summed E-state index contributed by atoms with van der Waals surface area (Å²) in [7, 11) is 0. The van der Waals surface area contributed by atoms with E-state index in [9.17, 15) is 14.3 Å². The maximum absolute atomic E-state index is 13.2. The largest absolute Gasteiger partial charge is 0.396 e. The van der Waals surface area contributed by atoms with Crippen molar-refractivity contribution < 1.29 is 14.3 Å². The molecule has 1 aliphatic heterocycles. The maximum Gasteiger partial charge on any atom is 0.317 e. The molecule has 1 saturated carbocycles. The van der Waals surface area contributed by atoms with Gasteiger partial charge in [0, 0.05) is 19.7 Å². The molecule has 2 amide bonds. The molecule has 23 heavy (non-hydrogen) atoms. The second kappa shape index (κ2) is 7.30. The van der Waals surface area contributed by atoms with E-state index in [1.807, 2.05) is 0 Å². The van der Waals surface area contributed by atoms with Crippen LogP contribution in [-0.4, -0.2) is 35.7 Å². The van der Waals surface area contributed by atoms with Crippen LogP contribution in [-0.2, 0) is 0 Å². The van der Waals surface area contributed by atoms with Gasteiger partial charge in [0.15, 0.2) is 0 Å². The molecule has 3 rings (SSSR count). The molecule has 2 atom stereocenters. The van der Waals surface area contributed by atoms with Crippen molar-refractivity contribution in [2.45, 2.75) is 38.1 Å². The van der Waals surface area contributed by atoms with Crippen LogP contribution >= 0.6 is 0 Å². The molecule has 0 aromatic heterocycles. The van der Waals surface area contributed by atoms with E-state index in [0.29, 0.717) is 12.5 Å². The van der Waals surface area contributed by atoms with Gasteiger partial charge in [-0.15, -0.1) is 0 Å². The van der Waals surface area contributed by atoms with Crippen LogP contribution in [0.3, 0.4) is 0 Å². The monoisotopic (exact) mass is 320 g/mol. The number of carbonyl (C=O) groups excluding carboxylic acids is 1. The third-order valence-corrected chi connectivity index (χ3v) is 5.19. The molecule has 0 radical (unpaired) electrons. The smallest absolute Gasteiger partial charge is 0.317 e. The molecular formula is C18H25FN2O2. The summed E-state index contributed by atoms with van der Waals surface area (Å²) in [5.41, 5.74) is 0.972. The minimum absolute atomic E-state index is 0.0497. The third-order valence-electron chi connectivity index (χ3n) is 5.19. The van der Waals surface area contributed by atoms with Gasteiger partial charge >= 0.3 is 6.03 Å².